The van der Waals surface area contributed by atoms with Gasteiger partial charge in [0.1, 0.15) is 12.4 Å². The minimum atomic E-state index is -3.55. The molecule has 0 bridgehead atoms. The molecule has 0 aliphatic heterocycles. The Hall–Kier alpha value is -2.97. The highest BCUT2D eigenvalue weighted by Gasteiger charge is 2.22. The van der Waals surface area contributed by atoms with E-state index < -0.39 is 10.0 Å². The summed E-state index contributed by atoms with van der Waals surface area (Å²) in [6.07, 6.45) is 4.31. The average Bonchev–Trinajstić information content (AvgIpc) is 3.11. The van der Waals surface area contributed by atoms with Crippen molar-refractivity contribution in [3.8, 4) is 0 Å². The number of fused-ring (bicyclic) bond motifs is 1. The fourth-order valence-corrected chi connectivity index (χ4v) is 4.98. The lowest BCUT2D eigenvalue weighted by Gasteiger charge is -2.18. The number of esters is 1. The zero-order valence-corrected chi connectivity index (χ0v) is 19.5. The van der Waals surface area contributed by atoms with Crippen LogP contribution in [0.4, 0.5) is 0 Å². The van der Waals surface area contributed by atoms with Gasteiger partial charge in [-0.3, -0.25) is 4.79 Å². The number of hydrogen-bond donors (Lipinski definition) is 0. The lowest BCUT2D eigenvalue weighted by Crippen LogP contribution is -2.30. The summed E-state index contributed by atoms with van der Waals surface area (Å²) in [5.41, 5.74) is 2.46. The molecule has 3 aromatic rings. The first-order valence-corrected chi connectivity index (χ1v) is 12.1. The summed E-state index contributed by atoms with van der Waals surface area (Å²) in [5.74, 6) is 0.397. The number of aryl methyl sites for hydroxylation is 2. The second-order valence-electron chi connectivity index (χ2n) is 7.32. The Morgan fingerprint density at radius 3 is 2.53 bits per heavy atom. The van der Waals surface area contributed by atoms with Crippen LogP contribution >= 0.6 is 0 Å². The molecule has 0 aliphatic carbocycles. The number of carbonyl (C=O) groups excluding carboxylic acids is 1. The minimum absolute atomic E-state index is 0.195. The van der Waals surface area contributed by atoms with Crippen molar-refractivity contribution in [1.29, 1.82) is 0 Å². The highest BCUT2D eigenvalue weighted by Crippen LogP contribution is 2.22. The Balaban J connectivity index is 1.63. The average molecular weight is 456 g/mol. The third-order valence-corrected chi connectivity index (χ3v) is 7.34. The summed E-state index contributed by atoms with van der Waals surface area (Å²) in [7, 11) is -1.69. The molecular weight excluding hydrogens is 426 g/mol. The van der Waals surface area contributed by atoms with E-state index in [1.807, 2.05) is 61.9 Å². The molecule has 0 saturated heterocycles. The number of sulfonamides is 1. The monoisotopic (exact) mass is 455 g/mol. The molecule has 7 nitrogen and oxygen atoms in total. The molecule has 8 heteroatoms. The molecule has 0 fully saturated rings. The van der Waals surface area contributed by atoms with Gasteiger partial charge >= 0.3 is 5.97 Å². The SMILES string of the molecule is CCN(CC)S(=O)(=O)c1ccc2c(c1)nc(CCC(=O)OC/C=C/c1ccccc1)n2C. The smallest absolute Gasteiger partial charge is 0.306 e. The molecule has 3 rings (SSSR count). The van der Waals surface area contributed by atoms with Crippen molar-refractivity contribution in [3.63, 3.8) is 0 Å². The summed E-state index contributed by atoms with van der Waals surface area (Å²) in [5, 5.41) is 0. The van der Waals surface area contributed by atoms with E-state index in [9.17, 15) is 13.2 Å². The predicted molar refractivity (Wildman–Crippen MR) is 126 cm³/mol. The first-order chi connectivity index (χ1) is 15.4. The number of nitrogens with zero attached hydrogens (tertiary/aromatic N) is 3. The van der Waals surface area contributed by atoms with Crippen LogP contribution in [-0.4, -0.2) is 47.9 Å². The van der Waals surface area contributed by atoms with Crippen LogP contribution in [0.3, 0.4) is 0 Å². The molecule has 0 saturated carbocycles. The molecule has 32 heavy (non-hydrogen) atoms. The molecule has 1 heterocycles. The van der Waals surface area contributed by atoms with E-state index in [1.165, 1.54) is 4.31 Å². The molecule has 0 amide bonds. The zero-order chi connectivity index (χ0) is 23.1. The van der Waals surface area contributed by atoms with E-state index in [2.05, 4.69) is 4.98 Å². The number of rotatable bonds is 10. The van der Waals surface area contributed by atoms with Gasteiger partial charge in [-0.1, -0.05) is 50.3 Å². The lowest BCUT2D eigenvalue weighted by atomic mass is 10.2. The second kappa shape index (κ2) is 10.6. The first-order valence-electron chi connectivity index (χ1n) is 10.7. The largest absolute Gasteiger partial charge is 0.461 e. The predicted octanol–water partition coefficient (Wildman–Crippen LogP) is 3.79. The van der Waals surface area contributed by atoms with Gasteiger partial charge in [0.05, 0.1) is 22.3 Å². The van der Waals surface area contributed by atoms with Crippen LogP contribution in [0.15, 0.2) is 59.5 Å². The van der Waals surface area contributed by atoms with Gasteiger partial charge < -0.3 is 9.30 Å². The Morgan fingerprint density at radius 1 is 1.12 bits per heavy atom. The summed E-state index contributed by atoms with van der Waals surface area (Å²) in [6, 6.07) is 14.8. The number of carbonyl (C=O) groups is 1. The maximum absolute atomic E-state index is 12.8. The molecule has 0 N–H and O–H groups in total. The van der Waals surface area contributed by atoms with Crippen molar-refractivity contribution in [3.05, 3.63) is 66.0 Å². The van der Waals surface area contributed by atoms with Crippen molar-refractivity contribution in [2.75, 3.05) is 19.7 Å². The van der Waals surface area contributed by atoms with Gasteiger partial charge in [-0.2, -0.15) is 4.31 Å². The van der Waals surface area contributed by atoms with E-state index in [0.29, 0.717) is 30.9 Å². The van der Waals surface area contributed by atoms with E-state index in [-0.39, 0.29) is 23.9 Å². The highest BCUT2D eigenvalue weighted by atomic mass is 32.2. The number of ether oxygens (including phenoxy) is 1. The molecule has 2 aromatic carbocycles. The van der Waals surface area contributed by atoms with Crippen LogP contribution in [-0.2, 0) is 33.0 Å². The van der Waals surface area contributed by atoms with E-state index >= 15 is 0 Å². The lowest BCUT2D eigenvalue weighted by molar-refractivity contribution is -0.142. The van der Waals surface area contributed by atoms with Gasteiger partial charge in [0.15, 0.2) is 0 Å². The van der Waals surface area contributed by atoms with E-state index in [0.717, 1.165) is 11.1 Å². The molecule has 1 aromatic heterocycles. The van der Waals surface area contributed by atoms with Crippen LogP contribution in [0.2, 0.25) is 0 Å². The van der Waals surface area contributed by atoms with Gasteiger partial charge in [-0.15, -0.1) is 0 Å². The fourth-order valence-electron chi connectivity index (χ4n) is 3.50. The molecule has 0 spiro atoms. The van der Waals surface area contributed by atoms with Crippen LogP contribution in [0.5, 0.6) is 0 Å². The van der Waals surface area contributed by atoms with Crippen LogP contribution in [0.25, 0.3) is 17.1 Å². The zero-order valence-electron chi connectivity index (χ0n) is 18.7. The van der Waals surface area contributed by atoms with Gasteiger partial charge in [0.25, 0.3) is 0 Å². The van der Waals surface area contributed by atoms with Crippen molar-refractivity contribution in [2.24, 2.45) is 7.05 Å². The van der Waals surface area contributed by atoms with E-state index in [1.54, 1.807) is 24.3 Å². The normalized spacial score (nSPS) is 12.1. The Kier molecular flexibility index (Phi) is 7.82. The maximum Gasteiger partial charge on any atom is 0.306 e. The van der Waals surface area contributed by atoms with Crippen LogP contribution in [0, 0.1) is 0 Å². The summed E-state index contributed by atoms with van der Waals surface area (Å²) in [6.45, 7) is 4.66. The van der Waals surface area contributed by atoms with Gasteiger partial charge in [-0.05, 0) is 29.8 Å². The number of aromatic nitrogens is 2. The van der Waals surface area contributed by atoms with Crippen molar-refractivity contribution < 1.29 is 17.9 Å². The molecule has 0 radical (unpaired) electrons. The number of hydrogen-bond acceptors (Lipinski definition) is 5. The highest BCUT2D eigenvalue weighted by molar-refractivity contribution is 7.89. The third-order valence-electron chi connectivity index (χ3n) is 5.29. The van der Waals surface area contributed by atoms with Gasteiger partial charge in [0, 0.05) is 26.6 Å². The molecule has 0 unspecified atom stereocenters. The summed E-state index contributed by atoms with van der Waals surface area (Å²) < 4.78 is 34.1. The van der Waals surface area contributed by atoms with Crippen molar-refractivity contribution in [1.82, 2.24) is 13.9 Å². The first kappa shape index (κ1) is 23.7. The second-order valence-corrected chi connectivity index (χ2v) is 9.26. The Bertz CT molecular complexity index is 1200. The third kappa shape index (κ3) is 5.44. The summed E-state index contributed by atoms with van der Waals surface area (Å²) in [4.78, 5) is 16.9. The minimum Gasteiger partial charge on any atom is -0.461 e. The van der Waals surface area contributed by atoms with Gasteiger partial charge in [-0.25, -0.2) is 13.4 Å². The quantitative estimate of drug-likeness (QED) is 0.435. The van der Waals surface area contributed by atoms with Gasteiger partial charge in [0.2, 0.25) is 10.0 Å². The molecule has 170 valence electrons. The standard InChI is InChI=1S/C24H29N3O4S/c1-4-27(5-2)32(29,30)20-13-14-22-21(18-20)25-23(26(22)3)15-16-24(28)31-17-9-12-19-10-7-6-8-11-19/h6-14,18H,4-5,15-17H2,1-3H3/b12-9+. The number of benzene rings is 2. The van der Waals surface area contributed by atoms with Crippen molar-refractivity contribution >= 4 is 33.1 Å². The Labute approximate surface area is 189 Å². The van der Waals surface area contributed by atoms with Crippen LogP contribution in [0.1, 0.15) is 31.7 Å². The Morgan fingerprint density at radius 2 is 1.84 bits per heavy atom. The molecule has 0 atom stereocenters. The van der Waals surface area contributed by atoms with Crippen LogP contribution < -0.4 is 0 Å². The maximum atomic E-state index is 12.8. The van der Waals surface area contributed by atoms with E-state index in [4.69, 9.17) is 4.74 Å². The summed E-state index contributed by atoms with van der Waals surface area (Å²) >= 11 is 0. The fraction of sp³-hybridized carbons (Fsp3) is 0.333. The van der Waals surface area contributed by atoms with Crippen molar-refractivity contribution in [2.45, 2.75) is 31.6 Å². The molecular formula is C24H29N3O4S. The topological polar surface area (TPSA) is 81.5 Å². The molecule has 0 aliphatic rings. The number of imidazole rings is 1.